The highest BCUT2D eigenvalue weighted by molar-refractivity contribution is 5.98. The van der Waals surface area contributed by atoms with E-state index >= 15 is 0 Å². The number of benzene rings is 1. The molecule has 2 N–H and O–H groups in total. The lowest BCUT2D eigenvalue weighted by molar-refractivity contribution is 0.0404. The molecule has 1 aliphatic rings. The quantitative estimate of drug-likeness (QED) is 0.775. The summed E-state index contributed by atoms with van der Waals surface area (Å²) in [6.45, 7) is 4.93. The number of carbonyl (C=O) groups excluding carboxylic acids is 1. The van der Waals surface area contributed by atoms with Gasteiger partial charge in [0.2, 0.25) is 5.88 Å². The smallest absolute Gasteiger partial charge is 0.259 e. The Kier molecular flexibility index (Phi) is 6.71. The van der Waals surface area contributed by atoms with Crippen LogP contribution in [0.25, 0.3) is 11.1 Å². The minimum absolute atomic E-state index is 0.0802. The Bertz CT molecular complexity index is 840. The summed E-state index contributed by atoms with van der Waals surface area (Å²) in [6, 6.07) is 9.11. The molecule has 2 aromatic rings. The molecule has 0 saturated heterocycles. The predicted molar refractivity (Wildman–Crippen MR) is 111 cm³/mol. The van der Waals surface area contributed by atoms with Gasteiger partial charge >= 0.3 is 0 Å². The molecule has 0 bridgehead atoms. The van der Waals surface area contributed by atoms with E-state index in [-0.39, 0.29) is 30.6 Å². The Morgan fingerprint density at radius 1 is 1.34 bits per heavy atom. The highest BCUT2D eigenvalue weighted by Gasteiger charge is 2.33. The number of hydrogen-bond acceptors (Lipinski definition) is 6. The first-order valence-electron chi connectivity index (χ1n) is 9.86. The molecule has 29 heavy (non-hydrogen) atoms. The van der Waals surface area contributed by atoms with Gasteiger partial charge in [0.05, 0.1) is 19.8 Å². The standard InChI is InChI=1S/C22H29N3O4/c1-14-12-25(15(2)13-26)22(27)19-9-17(16-5-7-18(28-4)8-6-16)10-24-21(19)29-20(14)11-23-3/h5-10,14-15,20,23,26H,11-13H2,1-4H3/t14-,15-,20-/m1/s1. The van der Waals surface area contributed by atoms with E-state index < -0.39 is 0 Å². The maximum atomic E-state index is 13.3. The summed E-state index contributed by atoms with van der Waals surface area (Å²) in [5.41, 5.74) is 2.16. The number of methoxy groups -OCH3 is 1. The fraction of sp³-hybridized carbons (Fsp3) is 0.455. The summed E-state index contributed by atoms with van der Waals surface area (Å²) in [6.07, 6.45) is 1.58. The van der Waals surface area contributed by atoms with Crippen LogP contribution in [0.5, 0.6) is 11.6 Å². The fourth-order valence-corrected chi connectivity index (χ4v) is 3.49. The van der Waals surface area contributed by atoms with Crippen molar-refractivity contribution in [1.29, 1.82) is 0 Å². The molecule has 1 aromatic heterocycles. The summed E-state index contributed by atoms with van der Waals surface area (Å²) in [4.78, 5) is 19.5. The van der Waals surface area contributed by atoms with Gasteiger partial charge in [0.1, 0.15) is 17.4 Å². The predicted octanol–water partition coefficient (Wildman–Crippen LogP) is 2.20. The average molecular weight is 399 g/mol. The van der Waals surface area contributed by atoms with Gasteiger partial charge in [-0.3, -0.25) is 4.79 Å². The molecule has 7 heteroatoms. The second-order valence-corrected chi connectivity index (χ2v) is 7.49. The molecule has 0 spiro atoms. The molecule has 7 nitrogen and oxygen atoms in total. The molecule has 0 aliphatic carbocycles. The SMILES string of the molecule is CNC[C@H]1Oc2ncc(-c3ccc(OC)cc3)cc2C(=O)N([C@H](C)CO)C[C@H]1C. The molecular weight excluding hydrogens is 370 g/mol. The molecule has 2 heterocycles. The van der Waals surface area contributed by atoms with Crippen molar-refractivity contribution in [2.24, 2.45) is 5.92 Å². The lowest BCUT2D eigenvalue weighted by Gasteiger charge is -2.36. The summed E-state index contributed by atoms with van der Waals surface area (Å²) in [7, 11) is 3.49. The molecule has 0 saturated carbocycles. The first-order valence-corrected chi connectivity index (χ1v) is 9.86. The third kappa shape index (κ3) is 4.52. The Hall–Kier alpha value is -2.64. The fourth-order valence-electron chi connectivity index (χ4n) is 3.49. The monoisotopic (exact) mass is 399 g/mol. The van der Waals surface area contributed by atoms with Crippen molar-refractivity contribution in [3.05, 3.63) is 42.1 Å². The van der Waals surface area contributed by atoms with Crippen LogP contribution >= 0.6 is 0 Å². The first kappa shape index (κ1) is 21.1. The van der Waals surface area contributed by atoms with Crippen molar-refractivity contribution in [3.8, 4) is 22.8 Å². The number of aliphatic hydroxyl groups excluding tert-OH is 1. The van der Waals surface area contributed by atoms with E-state index in [1.54, 1.807) is 18.2 Å². The van der Waals surface area contributed by atoms with E-state index in [0.29, 0.717) is 24.5 Å². The molecular formula is C22H29N3O4. The van der Waals surface area contributed by atoms with E-state index in [0.717, 1.165) is 16.9 Å². The minimum Gasteiger partial charge on any atom is -0.497 e. The zero-order chi connectivity index (χ0) is 21.0. The number of fused-ring (bicyclic) bond motifs is 1. The third-order valence-electron chi connectivity index (χ3n) is 5.35. The summed E-state index contributed by atoms with van der Waals surface area (Å²) in [5, 5.41) is 12.8. The second-order valence-electron chi connectivity index (χ2n) is 7.49. The molecule has 1 aliphatic heterocycles. The first-order chi connectivity index (χ1) is 14.0. The summed E-state index contributed by atoms with van der Waals surface area (Å²) < 4.78 is 11.4. The van der Waals surface area contributed by atoms with Crippen LogP contribution in [0.15, 0.2) is 36.5 Å². The number of amides is 1. The second kappa shape index (κ2) is 9.24. The van der Waals surface area contributed by atoms with Crippen LogP contribution in [0.2, 0.25) is 0 Å². The zero-order valence-corrected chi connectivity index (χ0v) is 17.4. The average Bonchev–Trinajstić information content (AvgIpc) is 2.75. The molecule has 0 unspecified atom stereocenters. The number of carbonyl (C=O) groups is 1. The maximum absolute atomic E-state index is 13.3. The van der Waals surface area contributed by atoms with Crippen molar-refractivity contribution < 1.29 is 19.4 Å². The number of aromatic nitrogens is 1. The van der Waals surface area contributed by atoms with Crippen LogP contribution in [0, 0.1) is 5.92 Å². The Labute approximate surface area is 171 Å². The number of nitrogens with one attached hydrogen (secondary N) is 1. The zero-order valence-electron chi connectivity index (χ0n) is 17.4. The van der Waals surface area contributed by atoms with Gasteiger partial charge in [-0.05, 0) is 37.7 Å². The van der Waals surface area contributed by atoms with E-state index in [1.165, 1.54) is 0 Å². The van der Waals surface area contributed by atoms with E-state index in [2.05, 4.69) is 10.3 Å². The molecule has 1 aromatic carbocycles. The number of hydrogen-bond donors (Lipinski definition) is 2. The molecule has 3 atom stereocenters. The molecule has 1 amide bonds. The van der Waals surface area contributed by atoms with Gasteiger partial charge < -0.3 is 24.8 Å². The van der Waals surface area contributed by atoms with Crippen LogP contribution in [0.3, 0.4) is 0 Å². The lowest BCUT2D eigenvalue weighted by Crippen LogP contribution is -2.49. The topological polar surface area (TPSA) is 83.9 Å². The highest BCUT2D eigenvalue weighted by Crippen LogP contribution is 2.30. The van der Waals surface area contributed by atoms with Crippen LogP contribution in [-0.2, 0) is 0 Å². The molecule has 0 fully saturated rings. The van der Waals surface area contributed by atoms with Gasteiger partial charge in [0.15, 0.2) is 0 Å². The van der Waals surface area contributed by atoms with Gasteiger partial charge in [-0.1, -0.05) is 19.1 Å². The number of aliphatic hydroxyl groups is 1. The number of rotatable bonds is 6. The normalized spacial score (nSPS) is 20.3. The minimum atomic E-state index is -0.296. The van der Waals surface area contributed by atoms with Crippen LogP contribution in [0.4, 0.5) is 0 Å². The maximum Gasteiger partial charge on any atom is 0.259 e. The van der Waals surface area contributed by atoms with Crippen molar-refractivity contribution in [2.45, 2.75) is 26.0 Å². The van der Waals surface area contributed by atoms with Gasteiger partial charge in [0, 0.05) is 30.8 Å². The Balaban J connectivity index is 2.04. The lowest BCUT2D eigenvalue weighted by atomic mass is 9.99. The Morgan fingerprint density at radius 2 is 2.07 bits per heavy atom. The van der Waals surface area contributed by atoms with Gasteiger partial charge in [0.25, 0.3) is 5.91 Å². The largest absolute Gasteiger partial charge is 0.497 e. The van der Waals surface area contributed by atoms with E-state index in [4.69, 9.17) is 9.47 Å². The van der Waals surface area contributed by atoms with Crippen LogP contribution in [0.1, 0.15) is 24.2 Å². The van der Waals surface area contributed by atoms with Crippen LogP contribution < -0.4 is 14.8 Å². The Morgan fingerprint density at radius 3 is 2.69 bits per heavy atom. The van der Waals surface area contributed by atoms with Gasteiger partial charge in [-0.2, -0.15) is 0 Å². The van der Waals surface area contributed by atoms with Gasteiger partial charge in [-0.15, -0.1) is 0 Å². The number of likely N-dealkylation sites (N-methyl/N-ethyl adjacent to an activating group) is 1. The van der Waals surface area contributed by atoms with E-state index in [9.17, 15) is 9.90 Å². The number of nitrogens with zero attached hydrogens (tertiary/aromatic N) is 2. The van der Waals surface area contributed by atoms with Gasteiger partial charge in [-0.25, -0.2) is 4.98 Å². The molecule has 156 valence electrons. The highest BCUT2D eigenvalue weighted by atomic mass is 16.5. The number of ether oxygens (including phenoxy) is 2. The van der Waals surface area contributed by atoms with Crippen molar-refractivity contribution in [3.63, 3.8) is 0 Å². The van der Waals surface area contributed by atoms with Crippen molar-refractivity contribution >= 4 is 5.91 Å². The van der Waals surface area contributed by atoms with E-state index in [1.807, 2.05) is 51.2 Å². The summed E-state index contributed by atoms with van der Waals surface area (Å²) in [5.74, 6) is 0.990. The third-order valence-corrected chi connectivity index (χ3v) is 5.35. The number of pyridine rings is 1. The molecule has 3 rings (SSSR count). The summed E-state index contributed by atoms with van der Waals surface area (Å²) >= 11 is 0. The van der Waals surface area contributed by atoms with Crippen molar-refractivity contribution in [2.75, 3.05) is 33.9 Å². The molecule has 0 radical (unpaired) electrons. The van der Waals surface area contributed by atoms with Crippen LogP contribution in [-0.4, -0.2) is 66.9 Å². The van der Waals surface area contributed by atoms with Crippen molar-refractivity contribution in [1.82, 2.24) is 15.2 Å².